The van der Waals surface area contributed by atoms with Gasteiger partial charge in [-0.05, 0) is 13.3 Å². The van der Waals surface area contributed by atoms with Gasteiger partial charge in [-0.15, -0.1) is 0 Å². The largest absolute Gasteiger partial charge is 0.460 e. The van der Waals surface area contributed by atoms with Gasteiger partial charge in [0.1, 0.15) is 13.2 Å². The summed E-state index contributed by atoms with van der Waals surface area (Å²) < 4.78 is 9.80. The van der Waals surface area contributed by atoms with Gasteiger partial charge in [-0.1, -0.05) is 43.0 Å². The lowest BCUT2D eigenvalue weighted by Gasteiger charge is -2.04. The zero-order valence-corrected chi connectivity index (χ0v) is 12.0. The van der Waals surface area contributed by atoms with E-state index < -0.39 is 5.97 Å². The van der Waals surface area contributed by atoms with Crippen LogP contribution in [0.2, 0.25) is 0 Å². The summed E-state index contributed by atoms with van der Waals surface area (Å²) in [5.41, 5.74) is 0.899. The molecule has 0 fully saturated rings. The maximum absolute atomic E-state index is 11.5. The number of ether oxygens (including phenoxy) is 2. The maximum atomic E-state index is 11.5. The number of carbonyl (C=O) groups excluding carboxylic acids is 2. The molecule has 0 amide bonds. The minimum Gasteiger partial charge on any atom is -0.460 e. The topological polar surface area (TPSA) is 52.6 Å². The highest BCUT2D eigenvalue weighted by atomic mass is 16.6. The van der Waals surface area contributed by atoms with Gasteiger partial charge in [0.15, 0.2) is 5.78 Å². The second-order valence-electron chi connectivity index (χ2n) is 4.01. The molecule has 4 heteroatoms. The highest BCUT2D eigenvalue weighted by Gasteiger charge is 2.03. The van der Waals surface area contributed by atoms with Crippen LogP contribution in [0.25, 0.3) is 0 Å². The molecule has 0 N–H and O–H groups in total. The number of carbonyl (C=O) groups is 2. The third kappa shape index (κ3) is 11.2. The van der Waals surface area contributed by atoms with E-state index in [2.05, 4.69) is 13.2 Å². The van der Waals surface area contributed by atoms with Crippen molar-refractivity contribution >= 4 is 11.8 Å². The Balaban J connectivity index is 3.61. The van der Waals surface area contributed by atoms with Crippen LogP contribution in [0.3, 0.4) is 0 Å². The number of Topliss-reactive ketones (excluding diaryl/α,β-unsaturated/α-hetero) is 1. The summed E-state index contributed by atoms with van der Waals surface area (Å²) in [7, 11) is 0. The third-order valence-electron chi connectivity index (χ3n) is 2.26. The number of allylic oxidation sites excluding steroid dienone is 5. The molecule has 0 heterocycles. The van der Waals surface area contributed by atoms with Crippen molar-refractivity contribution in [2.45, 2.75) is 19.8 Å². The van der Waals surface area contributed by atoms with Gasteiger partial charge in [0.2, 0.25) is 0 Å². The van der Waals surface area contributed by atoms with E-state index in [0.29, 0.717) is 12.8 Å². The van der Waals surface area contributed by atoms with Crippen LogP contribution in [0.4, 0.5) is 0 Å². The first-order valence-corrected chi connectivity index (χ1v) is 6.46. The first-order chi connectivity index (χ1) is 9.60. The van der Waals surface area contributed by atoms with Gasteiger partial charge in [-0.25, -0.2) is 4.79 Å². The summed E-state index contributed by atoms with van der Waals surface area (Å²) in [5.74, 6) is -0.496. The van der Waals surface area contributed by atoms with E-state index in [4.69, 9.17) is 9.47 Å². The third-order valence-corrected chi connectivity index (χ3v) is 2.26. The smallest absolute Gasteiger partial charge is 0.330 e. The van der Waals surface area contributed by atoms with Crippen molar-refractivity contribution in [3.05, 3.63) is 49.1 Å². The fraction of sp³-hybridized carbons (Fsp3) is 0.375. The molecule has 0 aliphatic heterocycles. The molecular weight excluding hydrogens is 256 g/mol. The lowest BCUT2D eigenvalue weighted by Crippen LogP contribution is -2.13. The van der Waals surface area contributed by atoms with Crippen LogP contribution in [0.5, 0.6) is 0 Å². The highest BCUT2D eigenvalue weighted by Crippen LogP contribution is 2.05. The van der Waals surface area contributed by atoms with Crippen LogP contribution in [0.1, 0.15) is 19.8 Å². The monoisotopic (exact) mass is 278 g/mol. The normalized spacial score (nSPS) is 10.8. The SMILES string of the molecule is C=CC(=O)OCCOCC(=O)CCC(=C)C=CC=CC. The van der Waals surface area contributed by atoms with Crippen molar-refractivity contribution < 1.29 is 19.1 Å². The van der Waals surface area contributed by atoms with Gasteiger partial charge in [0.25, 0.3) is 0 Å². The van der Waals surface area contributed by atoms with Crippen LogP contribution in [0.15, 0.2) is 49.1 Å². The molecular formula is C16H22O4. The van der Waals surface area contributed by atoms with E-state index >= 15 is 0 Å². The van der Waals surface area contributed by atoms with Crippen LogP contribution < -0.4 is 0 Å². The fourth-order valence-electron chi connectivity index (χ4n) is 1.20. The Kier molecular flexibility index (Phi) is 10.9. The Hall–Kier alpha value is -1.94. The number of hydrogen-bond acceptors (Lipinski definition) is 4. The molecule has 0 aliphatic rings. The van der Waals surface area contributed by atoms with E-state index in [1.807, 2.05) is 31.2 Å². The summed E-state index contributed by atoms with van der Waals surface area (Å²) in [6.45, 7) is 9.40. The number of esters is 1. The van der Waals surface area contributed by atoms with Crippen molar-refractivity contribution in [2.24, 2.45) is 0 Å². The Bertz CT molecular complexity index is 391. The fourth-order valence-corrected chi connectivity index (χ4v) is 1.20. The molecule has 0 aromatic carbocycles. The van der Waals surface area contributed by atoms with Crippen LogP contribution in [0, 0.1) is 0 Å². The molecule has 0 aliphatic carbocycles. The average Bonchev–Trinajstić information content (AvgIpc) is 2.44. The maximum Gasteiger partial charge on any atom is 0.330 e. The molecule has 0 radical (unpaired) electrons. The lowest BCUT2D eigenvalue weighted by molar-refractivity contribution is -0.139. The first kappa shape index (κ1) is 18.1. The van der Waals surface area contributed by atoms with Gasteiger partial charge in [0.05, 0.1) is 6.61 Å². The Labute approximate surface area is 120 Å². The predicted octanol–water partition coefficient (Wildman–Crippen LogP) is 2.77. The standard InChI is InChI=1S/C16H22O4/c1-4-6-7-8-14(3)9-10-15(17)13-19-11-12-20-16(18)5-2/h4-8H,2-3,9-13H2,1H3. The molecule has 0 aromatic rings. The van der Waals surface area contributed by atoms with Crippen molar-refractivity contribution in [1.82, 2.24) is 0 Å². The second kappa shape index (κ2) is 12.1. The van der Waals surface area contributed by atoms with E-state index in [9.17, 15) is 9.59 Å². The van der Waals surface area contributed by atoms with Gasteiger partial charge in [-0.3, -0.25) is 4.79 Å². The average molecular weight is 278 g/mol. The van der Waals surface area contributed by atoms with Crippen LogP contribution >= 0.6 is 0 Å². The quantitative estimate of drug-likeness (QED) is 0.252. The van der Waals surface area contributed by atoms with Gasteiger partial charge in [-0.2, -0.15) is 0 Å². The number of hydrogen-bond donors (Lipinski definition) is 0. The van der Waals surface area contributed by atoms with Crippen molar-refractivity contribution in [2.75, 3.05) is 19.8 Å². The first-order valence-electron chi connectivity index (χ1n) is 6.46. The number of rotatable bonds is 11. The molecule has 0 atom stereocenters. The summed E-state index contributed by atoms with van der Waals surface area (Å²) in [5, 5.41) is 0. The molecule has 0 aromatic heterocycles. The summed E-state index contributed by atoms with van der Waals surface area (Å²) in [6.07, 6.45) is 9.67. The van der Waals surface area contributed by atoms with E-state index in [-0.39, 0.29) is 25.6 Å². The zero-order valence-electron chi connectivity index (χ0n) is 12.0. The Morgan fingerprint density at radius 2 is 1.90 bits per heavy atom. The van der Waals surface area contributed by atoms with Crippen LogP contribution in [-0.4, -0.2) is 31.6 Å². The minimum atomic E-state index is -0.496. The van der Waals surface area contributed by atoms with E-state index in [1.165, 1.54) is 0 Å². The molecule has 20 heavy (non-hydrogen) atoms. The van der Waals surface area contributed by atoms with Crippen molar-refractivity contribution in [3.63, 3.8) is 0 Å². The van der Waals surface area contributed by atoms with Crippen molar-refractivity contribution in [3.8, 4) is 0 Å². The van der Waals surface area contributed by atoms with Crippen LogP contribution in [-0.2, 0) is 19.1 Å². The molecule has 0 unspecified atom stereocenters. The highest BCUT2D eigenvalue weighted by molar-refractivity contribution is 5.81. The van der Waals surface area contributed by atoms with E-state index in [1.54, 1.807) is 0 Å². The van der Waals surface area contributed by atoms with Gasteiger partial charge in [0, 0.05) is 12.5 Å². The van der Waals surface area contributed by atoms with Crippen molar-refractivity contribution in [1.29, 1.82) is 0 Å². The Morgan fingerprint density at radius 1 is 1.15 bits per heavy atom. The summed E-state index contributed by atoms with van der Waals surface area (Å²) >= 11 is 0. The minimum absolute atomic E-state index is 0.000584. The van der Waals surface area contributed by atoms with E-state index in [0.717, 1.165) is 11.6 Å². The molecule has 0 rings (SSSR count). The molecule has 0 saturated heterocycles. The number of ketones is 1. The second-order valence-corrected chi connectivity index (χ2v) is 4.01. The summed E-state index contributed by atoms with van der Waals surface area (Å²) in [6, 6.07) is 0. The lowest BCUT2D eigenvalue weighted by atomic mass is 10.1. The molecule has 110 valence electrons. The predicted molar refractivity (Wildman–Crippen MR) is 79.3 cm³/mol. The zero-order chi connectivity index (χ0) is 15.2. The van der Waals surface area contributed by atoms with Gasteiger partial charge >= 0.3 is 5.97 Å². The van der Waals surface area contributed by atoms with Gasteiger partial charge < -0.3 is 9.47 Å². The molecule has 0 spiro atoms. The molecule has 0 bridgehead atoms. The Morgan fingerprint density at radius 3 is 2.55 bits per heavy atom. The molecule has 0 saturated carbocycles. The molecule has 4 nitrogen and oxygen atoms in total. The summed E-state index contributed by atoms with van der Waals surface area (Å²) in [4.78, 5) is 22.2.